The number of hydrogen-bond donors (Lipinski definition) is 1. The molecule has 5 aromatic rings. The van der Waals surface area contributed by atoms with Crippen LogP contribution in [0.25, 0.3) is 22.0 Å². The third-order valence-corrected chi connectivity index (χ3v) is 8.71. The van der Waals surface area contributed by atoms with Crippen LogP contribution in [0.3, 0.4) is 0 Å². The van der Waals surface area contributed by atoms with Crippen LogP contribution in [0.5, 0.6) is 0 Å². The molecule has 0 saturated carbocycles. The monoisotopic (exact) mass is 584 g/mol. The maximum Gasteiger partial charge on any atom is 0.257 e. The Balaban J connectivity index is 1.30. The topological polar surface area (TPSA) is 95.0 Å². The molecule has 0 aliphatic carbocycles. The summed E-state index contributed by atoms with van der Waals surface area (Å²) in [5.74, 6) is 0.214. The van der Waals surface area contributed by atoms with Crippen molar-refractivity contribution in [2.24, 2.45) is 7.05 Å². The Bertz CT molecular complexity index is 1760. The minimum atomic E-state index is -0.777. The highest BCUT2D eigenvalue weighted by Crippen LogP contribution is 2.37. The third-order valence-electron chi connectivity index (χ3n) is 8.40. The van der Waals surface area contributed by atoms with Crippen molar-refractivity contribution in [2.75, 3.05) is 36.5 Å². The number of carbonyl (C=O) groups excluding carboxylic acids is 1. The maximum atomic E-state index is 13.9. The van der Waals surface area contributed by atoms with Gasteiger partial charge in [0.05, 0.1) is 35.8 Å². The zero-order valence-corrected chi connectivity index (χ0v) is 24.5. The average Bonchev–Trinajstić information content (AvgIpc) is 3.81. The molecule has 2 aromatic carbocycles. The number of halogens is 1. The summed E-state index contributed by atoms with van der Waals surface area (Å²) in [6, 6.07) is 9.87. The van der Waals surface area contributed by atoms with Crippen LogP contribution in [0, 0.1) is 0 Å². The third kappa shape index (κ3) is 4.64. The van der Waals surface area contributed by atoms with Gasteiger partial charge in [0.15, 0.2) is 6.04 Å². The van der Waals surface area contributed by atoms with Crippen molar-refractivity contribution in [3.05, 3.63) is 77.2 Å². The van der Waals surface area contributed by atoms with Crippen molar-refractivity contribution in [2.45, 2.75) is 38.8 Å². The molecule has 42 heavy (non-hydrogen) atoms. The SMILES string of the molecule is CCc1c(-c2ccc(N3CCOCC3)cc2)cc(Cl)c2cn(C(C(=O)Nc3nccn3C)c3ncn4c3CCC4)nc12. The minimum Gasteiger partial charge on any atom is -0.378 e. The molecule has 1 N–H and O–H groups in total. The van der Waals surface area contributed by atoms with Gasteiger partial charge in [0.1, 0.15) is 0 Å². The lowest BCUT2D eigenvalue weighted by Gasteiger charge is -2.29. The number of carbonyl (C=O) groups is 1. The van der Waals surface area contributed by atoms with Crippen LogP contribution >= 0.6 is 11.6 Å². The van der Waals surface area contributed by atoms with Crippen LogP contribution in [-0.2, 0) is 36.0 Å². The molecule has 1 unspecified atom stereocenters. The number of aromatic nitrogens is 6. The molecular formula is C31H33ClN8O2. The second kappa shape index (κ2) is 10.9. The lowest BCUT2D eigenvalue weighted by molar-refractivity contribution is -0.118. The summed E-state index contributed by atoms with van der Waals surface area (Å²) in [5.41, 5.74) is 6.97. The number of imidazole rings is 2. The van der Waals surface area contributed by atoms with E-state index >= 15 is 0 Å². The molecule has 7 rings (SSSR count). The number of rotatable bonds is 7. The van der Waals surface area contributed by atoms with Crippen LogP contribution in [-0.4, -0.2) is 61.1 Å². The van der Waals surface area contributed by atoms with Gasteiger partial charge in [-0.05, 0) is 54.2 Å². The Morgan fingerprint density at radius 2 is 1.95 bits per heavy atom. The van der Waals surface area contributed by atoms with E-state index in [1.54, 1.807) is 21.6 Å². The van der Waals surface area contributed by atoms with Gasteiger partial charge < -0.3 is 18.8 Å². The van der Waals surface area contributed by atoms with Crippen molar-refractivity contribution in [3.8, 4) is 11.1 Å². The molecule has 1 saturated heterocycles. The standard InChI is InChI=1S/C31H33ClN8O2/c1-3-22-23(20-6-8-21(9-7-20)38-13-15-42-16-14-38)17-25(32)24-18-40(36-27(22)24)29(28-26-5-4-11-39(26)19-34-28)30(41)35-31-33-10-12-37(31)2/h6-10,12,17-19,29H,3-5,11,13-16H2,1-2H3,(H,33,35,41). The van der Waals surface area contributed by atoms with Crippen LogP contribution in [0.2, 0.25) is 5.02 Å². The van der Waals surface area contributed by atoms with Gasteiger partial charge in [0.2, 0.25) is 5.95 Å². The number of aryl methyl sites for hydroxylation is 3. The number of amides is 1. The molecular weight excluding hydrogens is 552 g/mol. The fourth-order valence-electron chi connectivity index (χ4n) is 6.20. The summed E-state index contributed by atoms with van der Waals surface area (Å²) in [7, 11) is 1.84. The van der Waals surface area contributed by atoms with E-state index in [1.165, 1.54) is 5.69 Å². The van der Waals surface area contributed by atoms with E-state index in [0.717, 1.165) is 85.4 Å². The van der Waals surface area contributed by atoms with E-state index in [-0.39, 0.29) is 5.91 Å². The molecule has 3 aromatic heterocycles. The Morgan fingerprint density at radius 3 is 2.69 bits per heavy atom. The lowest BCUT2D eigenvalue weighted by atomic mass is 9.95. The van der Waals surface area contributed by atoms with Crippen molar-refractivity contribution >= 4 is 40.0 Å². The summed E-state index contributed by atoms with van der Waals surface area (Å²) in [6.07, 6.45) is 9.81. The number of nitrogens with one attached hydrogen (secondary N) is 1. The van der Waals surface area contributed by atoms with Gasteiger partial charge in [-0.1, -0.05) is 30.7 Å². The zero-order chi connectivity index (χ0) is 28.8. The zero-order valence-electron chi connectivity index (χ0n) is 23.8. The van der Waals surface area contributed by atoms with Gasteiger partial charge in [0, 0.05) is 62.0 Å². The Kier molecular flexibility index (Phi) is 6.95. The molecule has 2 aliphatic rings. The predicted octanol–water partition coefficient (Wildman–Crippen LogP) is 4.86. The number of hydrogen-bond acceptors (Lipinski definition) is 6. The molecule has 5 heterocycles. The van der Waals surface area contributed by atoms with Crippen LogP contribution in [0.1, 0.15) is 36.3 Å². The summed E-state index contributed by atoms with van der Waals surface area (Å²) in [6.45, 7) is 6.31. The number of ether oxygens (including phenoxy) is 1. The van der Waals surface area contributed by atoms with Gasteiger partial charge in [-0.25, -0.2) is 9.97 Å². The molecule has 10 nitrogen and oxygen atoms in total. The number of fused-ring (bicyclic) bond motifs is 2. The number of benzene rings is 2. The summed E-state index contributed by atoms with van der Waals surface area (Å²) < 4.78 is 11.1. The Morgan fingerprint density at radius 1 is 1.14 bits per heavy atom. The van der Waals surface area contributed by atoms with Gasteiger partial charge in [-0.3, -0.25) is 14.8 Å². The fraction of sp³-hybridized carbons (Fsp3) is 0.355. The molecule has 1 amide bonds. The highest BCUT2D eigenvalue weighted by atomic mass is 35.5. The van der Waals surface area contributed by atoms with Gasteiger partial charge >= 0.3 is 0 Å². The maximum absolute atomic E-state index is 13.9. The average molecular weight is 585 g/mol. The van der Waals surface area contributed by atoms with Crippen molar-refractivity contribution in [3.63, 3.8) is 0 Å². The Labute approximate surface area is 248 Å². The van der Waals surface area contributed by atoms with E-state index in [0.29, 0.717) is 16.7 Å². The van der Waals surface area contributed by atoms with Crippen LogP contribution < -0.4 is 10.2 Å². The first-order valence-corrected chi connectivity index (χ1v) is 14.8. The van der Waals surface area contributed by atoms with Crippen molar-refractivity contribution in [1.29, 1.82) is 0 Å². The van der Waals surface area contributed by atoms with Crippen molar-refractivity contribution < 1.29 is 9.53 Å². The van der Waals surface area contributed by atoms with Crippen LogP contribution in [0.4, 0.5) is 11.6 Å². The second-order valence-corrected chi connectivity index (χ2v) is 11.3. The smallest absolute Gasteiger partial charge is 0.257 e. The molecule has 0 bridgehead atoms. The van der Waals surface area contributed by atoms with Crippen LogP contribution in [0.15, 0.2) is 55.2 Å². The Hall–Kier alpha value is -4.15. The molecule has 11 heteroatoms. The highest BCUT2D eigenvalue weighted by Gasteiger charge is 2.32. The predicted molar refractivity (Wildman–Crippen MR) is 163 cm³/mol. The summed E-state index contributed by atoms with van der Waals surface area (Å²) >= 11 is 6.94. The van der Waals surface area contributed by atoms with E-state index in [9.17, 15) is 4.79 Å². The molecule has 1 fully saturated rings. The van der Waals surface area contributed by atoms with E-state index in [1.807, 2.05) is 25.6 Å². The van der Waals surface area contributed by atoms with Gasteiger partial charge in [-0.2, -0.15) is 5.10 Å². The number of morpholine rings is 1. The summed E-state index contributed by atoms with van der Waals surface area (Å²) in [5, 5.41) is 9.44. The quantitative estimate of drug-likeness (QED) is 0.294. The first-order valence-electron chi connectivity index (χ1n) is 14.5. The lowest BCUT2D eigenvalue weighted by Crippen LogP contribution is -2.36. The van der Waals surface area contributed by atoms with E-state index in [4.69, 9.17) is 26.4 Å². The second-order valence-electron chi connectivity index (χ2n) is 10.9. The highest BCUT2D eigenvalue weighted by molar-refractivity contribution is 6.36. The normalized spacial score (nSPS) is 15.7. The van der Waals surface area contributed by atoms with Crippen molar-refractivity contribution in [1.82, 2.24) is 28.9 Å². The molecule has 216 valence electrons. The molecule has 1 atom stereocenters. The largest absolute Gasteiger partial charge is 0.378 e. The first kappa shape index (κ1) is 26.7. The molecule has 0 spiro atoms. The molecule has 2 aliphatic heterocycles. The van der Waals surface area contributed by atoms with Gasteiger partial charge in [0.25, 0.3) is 5.91 Å². The van der Waals surface area contributed by atoms with E-state index in [2.05, 4.69) is 51.0 Å². The fourth-order valence-corrected chi connectivity index (χ4v) is 6.44. The summed E-state index contributed by atoms with van der Waals surface area (Å²) in [4.78, 5) is 25.3. The number of nitrogens with zero attached hydrogens (tertiary/aromatic N) is 7. The first-order chi connectivity index (χ1) is 20.5. The van der Waals surface area contributed by atoms with E-state index < -0.39 is 6.04 Å². The minimum absolute atomic E-state index is 0.251. The molecule has 0 radical (unpaired) electrons. The number of anilines is 2. The van der Waals surface area contributed by atoms with Gasteiger partial charge in [-0.15, -0.1) is 0 Å².